The van der Waals surface area contributed by atoms with Crippen LogP contribution in [-0.4, -0.2) is 54.7 Å². The van der Waals surface area contributed by atoms with Gasteiger partial charge in [-0.15, -0.1) is 23.0 Å². The summed E-state index contributed by atoms with van der Waals surface area (Å²) in [6.07, 6.45) is 12.5. The first kappa shape index (κ1) is 20.2. The number of amides is 1. The van der Waals surface area contributed by atoms with Crippen molar-refractivity contribution in [2.75, 3.05) is 0 Å². The van der Waals surface area contributed by atoms with Crippen molar-refractivity contribution in [3.05, 3.63) is 44.5 Å². The summed E-state index contributed by atoms with van der Waals surface area (Å²) in [5.74, 6) is 3.77. The second kappa shape index (κ2) is 8.21. The molecule has 0 aliphatic carbocycles. The molecule has 4 heterocycles. The van der Waals surface area contributed by atoms with Gasteiger partial charge < -0.3 is 5.73 Å². The van der Waals surface area contributed by atoms with E-state index in [1.54, 1.807) is 0 Å². The van der Waals surface area contributed by atoms with E-state index < -0.39 is 17.3 Å². The largest absolute Gasteiger partial charge is 0.364 e. The van der Waals surface area contributed by atoms with Crippen molar-refractivity contribution in [3.63, 3.8) is 0 Å². The number of rotatable bonds is 3. The molecule has 0 saturated heterocycles. The molecular weight excluding hydrogens is 418 g/mol. The number of aromatic nitrogens is 10. The third-order valence-electron chi connectivity index (χ3n) is 3.51. The van der Waals surface area contributed by atoms with E-state index >= 15 is 0 Å². The highest BCUT2D eigenvalue weighted by molar-refractivity contribution is 6.32. The fraction of sp³-hybridized carbons (Fsp3) is 0.133. The van der Waals surface area contributed by atoms with E-state index in [-0.39, 0.29) is 35.2 Å². The molecule has 150 valence electrons. The Morgan fingerprint density at radius 2 is 1.47 bits per heavy atom. The molecule has 4 aromatic heterocycles. The van der Waals surface area contributed by atoms with Crippen LogP contribution in [0.5, 0.6) is 0 Å². The van der Waals surface area contributed by atoms with Crippen LogP contribution in [0.3, 0.4) is 0 Å². The third kappa shape index (κ3) is 3.58. The third-order valence-corrected chi connectivity index (χ3v) is 3.77. The topological polar surface area (TPSA) is 173 Å². The van der Waals surface area contributed by atoms with E-state index in [0.29, 0.717) is 0 Å². The number of hydrogen-bond donors (Lipinski definition) is 1. The Balaban J connectivity index is 0.000000172. The molecule has 0 radical (unpaired) electrons. The Hall–Kier alpha value is -4.56. The molecule has 0 spiro atoms. The van der Waals surface area contributed by atoms with Gasteiger partial charge >= 0.3 is 11.4 Å². The van der Waals surface area contributed by atoms with Crippen molar-refractivity contribution in [2.45, 2.75) is 13.1 Å². The number of terminal acetylenes is 2. The lowest BCUT2D eigenvalue weighted by Crippen LogP contribution is -2.29. The summed E-state index contributed by atoms with van der Waals surface area (Å²) in [4.78, 5) is 41.6. The summed E-state index contributed by atoms with van der Waals surface area (Å²) in [5.41, 5.74) is 4.26. The lowest BCUT2D eigenvalue weighted by atomic mass is 10.4. The molecule has 0 aliphatic heterocycles. The van der Waals surface area contributed by atoms with Crippen molar-refractivity contribution in [1.82, 2.24) is 48.8 Å². The van der Waals surface area contributed by atoms with Crippen LogP contribution in [0.1, 0.15) is 10.5 Å². The predicted molar refractivity (Wildman–Crippen MR) is 101 cm³/mol. The van der Waals surface area contributed by atoms with Gasteiger partial charge in [-0.2, -0.15) is 9.36 Å². The zero-order valence-electron chi connectivity index (χ0n) is 14.9. The summed E-state index contributed by atoms with van der Waals surface area (Å²) in [7, 11) is 0. The summed E-state index contributed by atoms with van der Waals surface area (Å²) in [6, 6.07) is 0. The van der Waals surface area contributed by atoms with Gasteiger partial charge in [0.2, 0.25) is 5.65 Å². The molecule has 30 heavy (non-hydrogen) atoms. The van der Waals surface area contributed by atoms with Crippen LogP contribution in [0.2, 0.25) is 5.15 Å². The maximum absolute atomic E-state index is 11.7. The molecule has 0 aliphatic rings. The molecule has 0 atom stereocenters. The van der Waals surface area contributed by atoms with E-state index in [1.165, 1.54) is 10.7 Å². The van der Waals surface area contributed by atoms with Crippen molar-refractivity contribution in [1.29, 1.82) is 0 Å². The van der Waals surface area contributed by atoms with E-state index in [2.05, 4.69) is 42.4 Å². The molecule has 0 unspecified atom stereocenters. The second-order valence-corrected chi connectivity index (χ2v) is 5.71. The molecule has 0 fully saturated rings. The van der Waals surface area contributed by atoms with Gasteiger partial charge in [0.25, 0.3) is 5.91 Å². The standard InChI is InChI=1S/C8H6N6O2.C7H4ClN5O/c1-2-3-14-8(16)13-4-10-5(6(9)15)7(13)11-12-14;1-2-3-13-7(14)12-4-9-5(8)6(12)10-11-13/h1,4H,3H2,(H2,9,15);1,4H,3H2. The average Bonchev–Trinajstić information content (AvgIpc) is 3.32. The number of nitrogens with two attached hydrogens (primary N) is 1. The Labute approximate surface area is 170 Å². The molecule has 0 aromatic carbocycles. The molecule has 4 aromatic rings. The number of fused-ring (bicyclic) bond motifs is 2. The Morgan fingerprint density at radius 1 is 0.967 bits per heavy atom. The fourth-order valence-corrected chi connectivity index (χ4v) is 2.36. The van der Waals surface area contributed by atoms with Crippen molar-refractivity contribution in [3.8, 4) is 24.7 Å². The fourth-order valence-electron chi connectivity index (χ4n) is 2.19. The van der Waals surface area contributed by atoms with Crippen LogP contribution >= 0.6 is 11.6 Å². The minimum absolute atomic E-state index is 0.00808. The van der Waals surface area contributed by atoms with Crippen LogP contribution in [0.25, 0.3) is 11.3 Å². The lowest BCUT2D eigenvalue weighted by Gasteiger charge is -1.98. The van der Waals surface area contributed by atoms with Crippen LogP contribution in [0.15, 0.2) is 22.2 Å². The number of imidazole rings is 2. The molecule has 4 rings (SSSR count). The maximum atomic E-state index is 11.7. The summed E-state index contributed by atoms with van der Waals surface area (Å²) in [6.45, 7) is 0.0590. The van der Waals surface area contributed by atoms with Gasteiger partial charge in [0, 0.05) is 0 Å². The predicted octanol–water partition coefficient (Wildman–Crippen LogP) is -2.41. The molecule has 14 nitrogen and oxygen atoms in total. The number of nitrogens with zero attached hydrogens (tertiary/aromatic N) is 10. The Bertz CT molecular complexity index is 1460. The van der Waals surface area contributed by atoms with Crippen LogP contribution in [0.4, 0.5) is 0 Å². The molecule has 1 amide bonds. The quantitative estimate of drug-likeness (QED) is 0.349. The maximum Gasteiger partial charge on any atom is 0.353 e. The first-order chi connectivity index (χ1) is 14.4. The van der Waals surface area contributed by atoms with Gasteiger partial charge in [-0.25, -0.2) is 28.4 Å². The Kier molecular flexibility index (Phi) is 5.52. The van der Waals surface area contributed by atoms with E-state index in [9.17, 15) is 14.4 Å². The zero-order chi connectivity index (χ0) is 21.8. The summed E-state index contributed by atoms with van der Waals surface area (Å²) >= 11 is 5.65. The SMILES string of the molecule is C#CCn1nnc2c(C(N)=O)ncn2c1=O.C#CCn1nnc2c(Cl)ncn2c1=O. The molecular formula is C15H10ClN11O3. The first-order valence-corrected chi connectivity index (χ1v) is 8.20. The first-order valence-electron chi connectivity index (χ1n) is 7.83. The number of carbonyl (C=O) groups excluding carboxylic acids is 1. The highest BCUT2D eigenvalue weighted by Gasteiger charge is 2.14. The monoisotopic (exact) mass is 427 g/mol. The van der Waals surface area contributed by atoms with Gasteiger partial charge in [-0.1, -0.05) is 33.9 Å². The lowest BCUT2D eigenvalue weighted by molar-refractivity contribution is 0.0997. The van der Waals surface area contributed by atoms with Gasteiger partial charge in [0.15, 0.2) is 16.5 Å². The highest BCUT2D eigenvalue weighted by Crippen LogP contribution is 2.08. The normalized spacial score (nSPS) is 10.2. The van der Waals surface area contributed by atoms with Gasteiger partial charge in [0.1, 0.15) is 25.7 Å². The second-order valence-electron chi connectivity index (χ2n) is 5.35. The molecule has 2 N–H and O–H groups in total. The van der Waals surface area contributed by atoms with E-state index in [1.807, 2.05) is 0 Å². The molecule has 0 bridgehead atoms. The zero-order valence-corrected chi connectivity index (χ0v) is 15.6. The number of halogens is 1. The minimum Gasteiger partial charge on any atom is -0.364 e. The number of carbonyl (C=O) groups is 1. The van der Waals surface area contributed by atoms with Crippen molar-refractivity contribution >= 4 is 28.8 Å². The molecule has 15 heteroatoms. The van der Waals surface area contributed by atoms with Crippen molar-refractivity contribution < 1.29 is 4.79 Å². The van der Waals surface area contributed by atoms with Crippen LogP contribution in [0, 0.1) is 24.7 Å². The van der Waals surface area contributed by atoms with Crippen LogP contribution < -0.4 is 17.1 Å². The summed E-state index contributed by atoms with van der Waals surface area (Å²) < 4.78 is 4.27. The van der Waals surface area contributed by atoms with Gasteiger partial charge in [-0.3, -0.25) is 4.79 Å². The van der Waals surface area contributed by atoms with E-state index in [0.717, 1.165) is 20.1 Å². The highest BCUT2D eigenvalue weighted by atomic mass is 35.5. The van der Waals surface area contributed by atoms with Crippen LogP contribution in [-0.2, 0) is 13.1 Å². The molecule has 0 saturated carbocycles. The van der Waals surface area contributed by atoms with E-state index in [4.69, 9.17) is 30.2 Å². The van der Waals surface area contributed by atoms with Gasteiger partial charge in [0.05, 0.1) is 0 Å². The smallest absolute Gasteiger partial charge is 0.353 e. The minimum atomic E-state index is -0.772. The summed E-state index contributed by atoms with van der Waals surface area (Å²) in [5, 5.41) is 14.7. The average molecular weight is 428 g/mol. The number of hydrogen-bond acceptors (Lipinski definition) is 9. The number of primary amides is 1. The van der Waals surface area contributed by atoms with Gasteiger partial charge in [-0.05, 0) is 0 Å². The van der Waals surface area contributed by atoms with Crippen molar-refractivity contribution in [2.24, 2.45) is 5.73 Å². The Morgan fingerprint density at radius 3 is 2.00 bits per heavy atom.